The highest BCUT2D eigenvalue weighted by Gasteiger charge is 2.37. The SMILES string of the molecule is COC(CC1CC(CCn2c(-c3ccc(F)cc3)c(-c3ccccc3)c(C=O)c2C(C)C)OC(C)(C)O1)OC. The molecular weight excluding hydrogens is 497 g/mol. The van der Waals surface area contributed by atoms with Gasteiger partial charge >= 0.3 is 0 Å². The monoisotopic (exact) mass is 537 g/mol. The van der Waals surface area contributed by atoms with Crippen molar-refractivity contribution < 1.29 is 28.1 Å². The van der Waals surface area contributed by atoms with Gasteiger partial charge in [-0.05, 0) is 61.6 Å². The van der Waals surface area contributed by atoms with Crippen LogP contribution in [0.15, 0.2) is 54.6 Å². The number of rotatable bonds is 11. The third-order valence-electron chi connectivity index (χ3n) is 7.27. The Hall–Kier alpha value is -2.84. The Kier molecular flexibility index (Phi) is 9.39. The number of hydrogen-bond donors (Lipinski definition) is 0. The van der Waals surface area contributed by atoms with Crippen molar-refractivity contribution in [3.05, 3.63) is 71.7 Å². The van der Waals surface area contributed by atoms with Crippen LogP contribution in [0.25, 0.3) is 22.4 Å². The van der Waals surface area contributed by atoms with Crippen LogP contribution in [0.3, 0.4) is 0 Å². The van der Waals surface area contributed by atoms with Crippen LogP contribution in [0, 0.1) is 5.82 Å². The predicted octanol–water partition coefficient (Wildman–Crippen LogP) is 7.21. The molecule has 39 heavy (non-hydrogen) atoms. The molecule has 0 N–H and O–H groups in total. The van der Waals surface area contributed by atoms with Crippen LogP contribution >= 0.6 is 0 Å². The van der Waals surface area contributed by atoms with E-state index in [4.69, 9.17) is 18.9 Å². The van der Waals surface area contributed by atoms with Gasteiger partial charge in [0.25, 0.3) is 0 Å². The summed E-state index contributed by atoms with van der Waals surface area (Å²) in [6.45, 7) is 8.68. The molecule has 4 rings (SSSR count). The summed E-state index contributed by atoms with van der Waals surface area (Å²) >= 11 is 0. The Balaban J connectivity index is 1.76. The van der Waals surface area contributed by atoms with E-state index >= 15 is 0 Å². The number of nitrogens with zero attached hydrogens (tertiary/aromatic N) is 1. The largest absolute Gasteiger partial charge is 0.356 e. The van der Waals surface area contributed by atoms with E-state index in [9.17, 15) is 9.18 Å². The molecule has 1 aliphatic heterocycles. The van der Waals surface area contributed by atoms with Gasteiger partial charge in [0.2, 0.25) is 0 Å². The van der Waals surface area contributed by atoms with Crippen molar-refractivity contribution in [3.8, 4) is 22.4 Å². The van der Waals surface area contributed by atoms with Crippen LogP contribution in [0.2, 0.25) is 0 Å². The number of carbonyl (C=O) groups excluding carboxylic acids is 1. The van der Waals surface area contributed by atoms with Gasteiger partial charge in [-0.3, -0.25) is 4.79 Å². The molecule has 2 unspecified atom stereocenters. The smallest absolute Gasteiger partial charge is 0.163 e. The number of carbonyl (C=O) groups is 1. The standard InChI is InChI=1S/C32H40FNO5/c1-21(2)30-27(20-35)29(22-10-8-7-9-11-22)31(23-12-14-24(33)15-13-23)34(30)17-16-25-18-26(19-28(36-5)37-6)39-32(3,4)38-25/h7-15,20-21,25-26,28H,16-19H2,1-6H3. The maximum absolute atomic E-state index is 13.9. The molecule has 0 spiro atoms. The van der Waals surface area contributed by atoms with Gasteiger partial charge < -0.3 is 23.5 Å². The molecule has 1 saturated heterocycles. The molecule has 210 valence electrons. The molecule has 7 heteroatoms. The van der Waals surface area contributed by atoms with Crippen LogP contribution in [-0.2, 0) is 25.5 Å². The fraction of sp³-hybridized carbons (Fsp3) is 0.469. The van der Waals surface area contributed by atoms with Crippen LogP contribution in [-0.4, -0.2) is 49.4 Å². The van der Waals surface area contributed by atoms with Gasteiger partial charge in [0.1, 0.15) is 5.82 Å². The molecule has 0 aliphatic carbocycles. The fourth-order valence-corrected chi connectivity index (χ4v) is 5.75. The summed E-state index contributed by atoms with van der Waals surface area (Å²) in [4.78, 5) is 12.6. The van der Waals surface area contributed by atoms with E-state index in [1.165, 1.54) is 12.1 Å². The average Bonchev–Trinajstić information content (AvgIpc) is 3.25. The summed E-state index contributed by atoms with van der Waals surface area (Å²) in [5.74, 6) is -0.960. The molecule has 0 bridgehead atoms. The second-order valence-corrected chi connectivity index (χ2v) is 10.9. The number of halogens is 1. The molecule has 2 aromatic carbocycles. The van der Waals surface area contributed by atoms with E-state index in [0.717, 1.165) is 34.4 Å². The number of aldehydes is 1. The lowest BCUT2D eigenvalue weighted by Gasteiger charge is -2.41. The molecule has 0 radical (unpaired) electrons. The van der Waals surface area contributed by atoms with Crippen LogP contribution in [0.5, 0.6) is 0 Å². The van der Waals surface area contributed by atoms with Crippen molar-refractivity contribution in [2.24, 2.45) is 0 Å². The molecule has 2 heterocycles. The molecule has 0 saturated carbocycles. The van der Waals surface area contributed by atoms with E-state index in [1.807, 2.05) is 44.2 Å². The zero-order valence-corrected chi connectivity index (χ0v) is 23.8. The van der Waals surface area contributed by atoms with Crippen molar-refractivity contribution in [1.82, 2.24) is 4.57 Å². The Morgan fingerprint density at radius 2 is 1.64 bits per heavy atom. The third kappa shape index (κ3) is 6.67. The summed E-state index contributed by atoms with van der Waals surface area (Å²) in [5.41, 5.74) is 5.23. The Morgan fingerprint density at radius 3 is 2.23 bits per heavy atom. The second-order valence-electron chi connectivity index (χ2n) is 10.9. The first-order chi connectivity index (χ1) is 18.7. The van der Waals surface area contributed by atoms with Gasteiger partial charge in [-0.1, -0.05) is 44.2 Å². The molecule has 6 nitrogen and oxygen atoms in total. The summed E-state index contributed by atoms with van der Waals surface area (Å²) in [6, 6.07) is 16.4. The summed E-state index contributed by atoms with van der Waals surface area (Å²) in [7, 11) is 3.25. The zero-order chi connectivity index (χ0) is 28.2. The quantitative estimate of drug-likeness (QED) is 0.191. The topological polar surface area (TPSA) is 58.9 Å². The average molecular weight is 538 g/mol. The Bertz CT molecular complexity index is 1230. The van der Waals surface area contributed by atoms with E-state index in [0.29, 0.717) is 31.4 Å². The van der Waals surface area contributed by atoms with E-state index in [1.54, 1.807) is 26.4 Å². The number of methoxy groups -OCH3 is 2. The molecule has 3 aromatic rings. The zero-order valence-electron chi connectivity index (χ0n) is 23.8. The minimum absolute atomic E-state index is 0.0727. The van der Waals surface area contributed by atoms with E-state index in [-0.39, 0.29) is 30.2 Å². The highest BCUT2D eigenvalue weighted by molar-refractivity contribution is 5.97. The normalized spacial score (nSPS) is 19.1. The van der Waals surface area contributed by atoms with E-state index in [2.05, 4.69) is 18.4 Å². The Morgan fingerprint density at radius 1 is 1.00 bits per heavy atom. The molecule has 1 fully saturated rings. The van der Waals surface area contributed by atoms with Gasteiger partial charge in [0.15, 0.2) is 18.4 Å². The van der Waals surface area contributed by atoms with E-state index < -0.39 is 5.79 Å². The summed E-state index contributed by atoms with van der Waals surface area (Å²) < 4.78 is 39.5. The number of benzene rings is 2. The fourth-order valence-electron chi connectivity index (χ4n) is 5.75. The first kappa shape index (κ1) is 29.2. The molecule has 0 amide bonds. The number of ether oxygens (including phenoxy) is 4. The van der Waals surface area contributed by atoms with Crippen molar-refractivity contribution in [3.63, 3.8) is 0 Å². The highest BCUT2D eigenvalue weighted by Crippen LogP contribution is 2.42. The van der Waals surface area contributed by atoms with Gasteiger partial charge in [-0.25, -0.2) is 4.39 Å². The van der Waals surface area contributed by atoms with Crippen molar-refractivity contribution in [1.29, 1.82) is 0 Å². The van der Waals surface area contributed by atoms with Gasteiger partial charge in [0, 0.05) is 50.4 Å². The van der Waals surface area contributed by atoms with Gasteiger partial charge in [0.05, 0.1) is 17.9 Å². The minimum atomic E-state index is -0.750. The molecule has 1 aliphatic rings. The lowest BCUT2D eigenvalue weighted by molar-refractivity contribution is -0.308. The second kappa shape index (κ2) is 12.6. The maximum atomic E-state index is 13.9. The first-order valence-corrected chi connectivity index (χ1v) is 13.6. The summed E-state index contributed by atoms with van der Waals surface area (Å²) in [5, 5.41) is 0. The molecule has 2 atom stereocenters. The van der Waals surface area contributed by atoms with Gasteiger partial charge in [-0.15, -0.1) is 0 Å². The molecule has 1 aromatic heterocycles. The number of hydrogen-bond acceptors (Lipinski definition) is 5. The minimum Gasteiger partial charge on any atom is -0.356 e. The third-order valence-corrected chi connectivity index (χ3v) is 7.27. The Labute approximate surface area is 231 Å². The van der Waals surface area contributed by atoms with Crippen molar-refractivity contribution in [2.45, 2.75) is 83.7 Å². The van der Waals surface area contributed by atoms with Crippen molar-refractivity contribution in [2.75, 3.05) is 14.2 Å². The maximum Gasteiger partial charge on any atom is 0.163 e. The summed E-state index contributed by atoms with van der Waals surface area (Å²) in [6.07, 6.45) is 2.46. The van der Waals surface area contributed by atoms with Crippen LogP contribution in [0.4, 0.5) is 4.39 Å². The predicted molar refractivity (Wildman–Crippen MR) is 150 cm³/mol. The molecular formula is C32H40FNO5. The lowest BCUT2D eigenvalue weighted by atomic mass is 9.96. The van der Waals surface area contributed by atoms with Crippen LogP contribution < -0.4 is 0 Å². The highest BCUT2D eigenvalue weighted by atomic mass is 19.1. The number of aromatic nitrogens is 1. The van der Waals surface area contributed by atoms with Gasteiger partial charge in [-0.2, -0.15) is 0 Å². The van der Waals surface area contributed by atoms with Crippen molar-refractivity contribution >= 4 is 6.29 Å². The lowest BCUT2D eigenvalue weighted by Crippen LogP contribution is -2.46. The first-order valence-electron chi connectivity index (χ1n) is 13.6. The van der Waals surface area contributed by atoms with Crippen LogP contribution in [0.1, 0.15) is 68.9 Å².